The zero-order chi connectivity index (χ0) is 41.3. The van der Waals surface area contributed by atoms with Gasteiger partial charge in [0.1, 0.15) is 12.3 Å². The Morgan fingerprint density at radius 2 is 0.877 bits per heavy atom. The quantitative estimate of drug-likeness (QED) is 0.0429. The predicted octanol–water partition coefficient (Wildman–Crippen LogP) is 3.61. The molecule has 0 fully saturated rings. The fraction of sp³-hybridized carbons (Fsp3) is 0.811. The topological polar surface area (TPSA) is 226 Å². The number of esters is 1. The van der Waals surface area contributed by atoms with Gasteiger partial charge in [-0.05, 0) is 12.5 Å². The maximum Gasteiger partial charge on any atom is 0.305 e. The average Bonchev–Trinajstić information content (AvgIpc) is 3.20. The number of non-ortho nitro benzene ring substituents is 1. The number of nitrogens with one attached hydrogen (secondary N) is 1. The lowest BCUT2D eigenvalue weighted by atomic mass is 10.2. The fourth-order valence-electron chi connectivity index (χ4n) is 4.48. The summed E-state index contributed by atoms with van der Waals surface area (Å²) >= 11 is 0. The molecule has 0 aliphatic heterocycles. The predicted molar refractivity (Wildman–Crippen MR) is 207 cm³/mol. The van der Waals surface area contributed by atoms with Crippen LogP contribution < -0.4 is 5.32 Å². The highest BCUT2D eigenvalue weighted by molar-refractivity contribution is 5.69. The highest BCUT2D eigenvalue weighted by atomic mass is 16.6. The molecule has 0 aliphatic rings. The summed E-state index contributed by atoms with van der Waals surface area (Å²) in [7, 11) is 0. The third-order valence-electron chi connectivity index (χ3n) is 7.40. The Hall–Kier alpha value is -3.15. The normalized spacial score (nSPS) is 11.2. The number of hydrogen-bond acceptors (Lipinski definition) is 18. The molecule has 1 N–H and O–H groups in total. The van der Waals surface area contributed by atoms with Crippen LogP contribution in [-0.4, -0.2) is 174 Å². The summed E-state index contributed by atoms with van der Waals surface area (Å²) in [6, 6.07) is 3.42. The first-order valence-corrected chi connectivity index (χ1v) is 19.6. The smallest absolute Gasteiger partial charge is 0.305 e. The molecule has 0 atom stereocenters. The number of carbonyl (C=O) groups excluding carboxylic acids is 1. The van der Waals surface area contributed by atoms with Crippen LogP contribution in [0.2, 0.25) is 0 Å². The zero-order valence-electron chi connectivity index (χ0n) is 33.6. The van der Waals surface area contributed by atoms with Gasteiger partial charge in [-0.1, -0.05) is 26.2 Å². The monoisotopic (exact) mass is 823 g/mol. The van der Waals surface area contributed by atoms with Crippen LogP contribution >= 0.6 is 0 Å². The Kier molecular flexibility index (Phi) is 36.1. The van der Waals surface area contributed by atoms with Crippen molar-refractivity contribution in [3.63, 3.8) is 0 Å². The molecule has 20 heteroatoms. The molecular weight excluding hydrogens is 758 g/mol. The van der Waals surface area contributed by atoms with E-state index in [0.29, 0.717) is 145 Å². The molecule has 0 radical (unpaired) electrons. The van der Waals surface area contributed by atoms with Crippen molar-refractivity contribution in [3.05, 3.63) is 38.4 Å². The minimum absolute atomic E-state index is 0.164. The second-order valence-electron chi connectivity index (χ2n) is 11.9. The van der Waals surface area contributed by atoms with Gasteiger partial charge in [0.05, 0.1) is 161 Å². The number of anilines is 1. The van der Waals surface area contributed by atoms with E-state index in [-0.39, 0.29) is 42.8 Å². The van der Waals surface area contributed by atoms with E-state index < -0.39 is 9.85 Å². The molecule has 0 aliphatic carbocycles. The second kappa shape index (κ2) is 39.7. The number of nitro groups is 2. The Morgan fingerprint density at radius 1 is 0.509 bits per heavy atom. The van der Waals surface area contributed by atoms with Gasteiger partial charge in [0.15, 0.2) is 0 Å². The summed E-state index contributed by atoms with van der Waals surface area (Å²) in [5.74, 6) is -0.164. The van der Waals surface area contributed by atoms with Gasteiger partial charge >= 0.3 is 5.97 Å². The van der Waals surface area contributed by atoms with Crippen LogP contribution in [0.15, 0.2) is 18.2 Å². The third kappa shape index (κ3) is 33.5. The van der Waals surface area contributed by atoms with E-state index in [1.54, 1.807) is 0 Å². The van der Waals surface area contributed by atoms with Gasteiger partial charge in [-0.25, -0.2) is 0 Å². The van der Waals surface area contributed by atoms with E-state index in [1.807, 2.05) is 0 Å². The molecule has 0 spiro atoms. The highest BCUT2D eigenvalue weighted by Gasteiger charge is 2.19. The van der Waals surface area contributed by atoms with Crippen molar-refractivity contribution < 1.29 is 71.5 Å². The van der Waals surface area contributed by atoms with Crippen LogP contribution in [0.1, 0.15) is 39.0 Å². The number of unbranched alkanes of at least 4 members (excludes halogenated alkanes) is 3. The Morgan fingerprint density at radius 3 is 1.23 bits per heavy atom. The van der Waals surface area contributed by atoms with Crippen molar-refractivity contribution >= 4 is 23.0 Å². The van der Waals surface area contributed by atoms with E-state index in [9.17, 15) is 25.0 Å². The maximum atomic E-state index is 11.6. The van der Waals surface area contributed by atoms with Gasteiger partial charge in [0, 0.05) is 19.0 Å². The number of nitro benzene ring substituents is 2. The minimum atomic E-state index is -0.683. The first-order valence-electron chi connectivity index (χ1n) is 19.6. The van der Waals surface area contributed by atoms with E-state index in [4.69, 9.17) is 56.8 Å². The summed E-state index contributed by atoms with van der Waals surface area (Å²) in [5, 5.41) is 24.8. The number of carbonyl (C=O) groups is 1. The van der Waals surface area contributed by atoms with E-state index in [0.717, 1.165) is 31.7 Å². The lowest BCUT2D eigenvalue weighted by Crippen LogP contribution is -2.16. The number of hydrogen-bond donors (Lipinski definition) is 1. The van der Waals surface area contributed by atoms with Crippen molar-refractivity contribution in [1.29, 1.82) is 0 Å². The van der Waals surface area contributed by atoms with Gasteiger partial charge in [-0.3, -0.25) is 25.0 Å². The van der Waals surface area contributed by atoms with E-state index >= 15 is 0 Å². The van der Waals surface area contributed by atoms with Gasteiger partial charge in [0.2, 0.25) is 0 Å². The van der Waals surface area contributed by atoms with Crippen molar-refractivity contribution in [1.82, 2.24) is 0 Å². The van der Waals surface area contributed by atoms with Crippen molar-refractivity contribution in [2.45, 2.75) is 39.0 Å². The molecular formula is C37H65N3O17. The number of benzene rings is 1. The third-order valence-corrected chi connectivity index (χ3v) is 7.40. The van der Waals surface area contributed by atoms with Crippen LogP contribution in [0.25, 0.3) is 0 Å². The van der Waals surface area contributed by atoms with Crippen molar-refractivity contribution in [2.75, 3.05) is 164 Å². The molecule has 57 heavy (non-hydrogen) atoms. The molecule has 0 saturated heterocycles. The summed E-state index contributed by atoms with van der Waals surface area (Å²) < 4.78 is 65.1. The summed E-state index contributed by atoms with van der Waals surface area (Å²) in [4.78, 5) is 32.2. The highest BCUT2D eigenvalue weighted by Crippen LogP contribution is 2.28. The molecule has 0 bridgehead atoms. The molecule has 1 aromatic carbocycles. The number of ether oxygens (including phenoxy) is 12. The van der Waals surface area contributed by atoms with Gasteiger partial charge < -0.3 is 62.2 Å². The van der Waals surface area contributed by atoms with Crippen LogP contribution in [0.4, 0.5) is 17.1 Å². The van der Waals surface area contributed by atoms with Gasteiger partial charge in [-0.15, -0.1) is 0 Å². The molecule has 0 amide bonds. The Labute approximate surface area is 335 Å². The number of nitrogens with zero attached hydrogens (tertiary/aromatic N) is 2. The van der Waals surface area contributed by atoms with Crippen LogP contribution in [0, 0.1) is 20.2 Å². The molecule has 0 saturated carbocycles. The van der Waals surface area contributed by atoms with Gasteiger partial charge in [0.25, 0.3) is 11.4 Å². The molecule has 330 valence electrons. The van der Waals surface area contributed by atoms with Gasteiger partial charge in [-0.2, -0.15) is 0 Å². The first kappa shape index (κ1) is 51.9. The largest absolute Gasteiger partial charge is 0.463 e. The van der Waals surface area contributed by atoms with Crippen LogP contribution in [0.5, 0.6) is 0 Å². The molecule has 1 rings (SSSR count). The SMILES string of the molecule is CCCCCCC(=O)OCCOCCOCCOCCOCCOCCOCCOCCOCCOCCOCCOCCNc1ccc([N+](=O)[O-])cc1[N+](=O)[O-]. The van der Waals surface area contributed by atoms with Crippen LogP contribution in [-0.2, 0) is 61.6 Å². The molecule has 0 unspecified atom stereocenters. The lowest BCUT2D eigenvalue weighted by molar-refractivity contribution is -0.393. The standard InChI is InChI=1S/C37H65N3O17/c1-2-3-4-5-6-37(41)57-32-31-56-30-29-55-28-27-54-26-25-53-24-23-52-22-21-51-20-19-50-18-17-49-16-15-48-14-13-47-12-11-46-10-9-38-35-8-7-34(39(42)43)33-36(35)40(44)45/h7-8,33,38H,2-6,9-32H2,1H3. The van der Waals surface area contributed by atoms with Crippen molar-refractivity contribution in [3.8, 4) is 0 Å². The minimum Gasteiger partial charge on any atom is -0.463 e. The fourth-order valence-corrected chi connectivity index (χ4v) is 4.48. The van der Waals surface area contributed by atoms with Crippen LogP contribution in [0.3, 0.4) is 0 Å². The molecule has 0 aromatic heterocycles. The zero-order valence-corrected chi connectivity index (χ0v) is 33.6. The molecule has 20 nitrogen and oxygen atoms in total. The van der Waals surface area contributed by atoms with E-state index in [2.05, 4.69) is 12.2 Å². The maximum absolute atomic E-state index is 11.6. The average molecular weight is 824 g/mol. The van der Waals surface area contributed by atoms with E-state index in [1.165, 1.54) is 12.1 Å². The van der Waals surface area contributed by atoms with Crippen molar-refractivity contribution in [2.24, 2.45) is 0 Å². The second-order valence-corrected chi connectivity index (χ2v) is 11.9. The summed E-state index contributed by atoms with van der Waals surface area (Å²) in [5.41, 5.74) is -0.536. The summed E-state index contributed by atoms with van der Waals surface area (Å²) in [6.45, 7) is 12.1. The number of rotatable bonds is 44. The Balaban J connectivity index is 1.69. The first-order chi connectivity index (χ1) is 28.0. The molecule has 1 aromatic rings. The molecule has 0 heterocycles. The summed E-state index contributed by atoms with van der Waals surface area (Å²) in [6.07, 6.45) is 4.70. The Bertz CT molecular complexity index is 1120. The lowest BCUT2D eigenvalue weighted by Gasteiger charge is -2.09.